The minimum Gasteiger partial charge on any atom is -0.396 e. The molecule has 0 saturated heterocycles. The van der Waals surface area contributed by atoms with Crippen LogP contribution in [0.3, 0.4) is 0 Å². The lowest BCUT2D eigenvalue weighted by molar-refractivity contribution is 0.152. The van der Waals surface area contributed by atoms with E-state index in [1.807, 2.05) is 12.1 Å². The Hall–Kier alpha value is -0.570. The van der Waals surface area contributed by atoms with Gasteiger partial charge in [0.25, 0.3) is 0 Å². The van der Waals surface area contributed by atoms with E-state index in [0.29, 0.717) is 17.9 Å². The first-order valence-electron chi connectivity index (χ1n) is 4.29. The molecule has 1 rings (SSSR count). The zero-order chi connectivity index (χ0) is 9.68. The molecule has 0 aliphatic heterocycles. The summed E-state index contributed by atoms with van der Waals surface area (Å²) in [5, 5.41) is 18.8. The zero-order valence-corrected chi connectivity index (χ0v) is 8.04. The monoisotopic (exact) mass is 200 g/mol. The van der Waals surface area contributed by atoms with E-state index in [1.165, 1.54) is 0 Å². The van der Waals surface area contributed by atoms with Crippen LogP contribution in [0.25, 0.3) is 0 Å². The van der Waals surface area contributed by atoms with Crippen LogP contribution in [-0.4, -0.2) is 16.8 Å². The fourth-order valence-corrected chi connectivity index (χ4v) is 1.45. The highest BCUT2D eigenvalue weighted by Crippen LogP contribution is 2.25. The lowest BCUT2D eigenvalue weighted by Crippen LogP contribution is -1.99. The largest absolute Gasteiger partial charge is 0.396 e. The van der Waals surface area contributed by atoms with Crippen molar-refractivity contribution in [2.45, 2.75) is 18.9 Å². The summed E-state index contributed by atoms with van der Waals surface area (Å²) in [5.41, 5.74) is 0.734. The highest BCUT2D eigenvalue weighted by atomic mass is 35.5. The van der Waals surface area contributed by atoms with Crippen LogP contribution in [0.2, 0.25) is 5.02 Å². The number of benzene rings is 1. The van der Waals surface area contributed by atoms with Gasteiger partial charge in [0.2, 0.25) is 0 Å². The summed E-state index contributed by atoms with van der Waals surface area (Å²) in [5.74, 6) is 0. The fraction of sp³-hybridized carbons (Fsp3) is 0.400. The number of aliphatic hydroxyl groups is 2. The van der Waals surface area contributed by atoms with Crippen LogP contribution < -0.4 is 0 Å². The average molecular weight is 201 g/mol. The number of hydrogen-bond acceptors (Lipinski definition) is 2. The maximum Gasteiger partial charge on any atom is 0.0805 e. The van der Waals surface area contributed by atoms with E-state index < -0.39 is 6.10 Å². The first kappa shape index (κ1) is 10.5. The molecule has 0 spiro atoms. The summed E-state index contributed by atoms with van der Waals surface area (Å²) in [7, 11) is 0. The number of rotatable bonds is 4. The van der Waals surface area contributed by atoms with E-state index in [2.05, 4.69) is 0 Å². The van der Waals surface area contributed by atoms with Crippen LogP contribution in [0.5, 0.6) is 0 Å². The molecule has 0 aromatic heterocycles. The van der Waals surface area contributed by atoms with Crippen molar-refractivity contribution < 1.29 is 10.2 Å². The van der Waals surface area contributed by atoms with Crippen molar-refractivity contribution in [1.82, 2.24) is 0 Å². The topological polar surface area (TPSA) is 40.5 Å². The first-order chi connectivity index (χ1) is 6.25. The lowest BCUT2D eigenvalue weighted by Gasteiger charge is -2.11. The Morgan fingerprint density at radius 3 is 2.62 bits per heavy atom. The van der Waals surface area contributed by atoms with Gasteiger partial charge < -0.3 is 10.2 Å². The standard InChI is InChI=1S/C10H13ClO2/c11-9-5-2-1-4-8(9)10(13)6-3-7-12/h1-2,4-5,10,12-13H,3,6-7H2. The van der Waals surface area contributed by atoms with Crippen molar-refractivity contribution in [2.24, 2.45) is 0 Å². The van der Waals surface area contributed by atoms with E-state index >= 15 is 0 Å². The second-order valence-electron chi connectivity index (χ2n) is 2.90. The summed E-state index contributed by atoms with van der Waals surface area (Å²) >= 11 is 5.88. The van der Waals surface area contributed by atoms with Gasteiger partial charge in [-0.25, -0.2) is 0 Å². The Bertz CT molecular complexity index is 263. The van der Waals surface area contributed by atoms with Gasteiger partial charge in [-0.15, -0.1) is 0 Å². The molecule has 0 radical (unpaired) electrons. The molecule has 0 heterocycles. The lowest BCUT2D eigenvalue weighted by atomic mass is 10.1. The Kier molecular flexibility index (Phi) is 4.22. The van der Waals surface area contributed by atoms with Crippen LogP contribution in [-0.2, 0) is 0 Å². The molecule has 72 valence electrons. The van der Waals surface area contributed by atoms with Crippen LogP contribution in [0, 0.1) is 0 Å². The fourth-order valence-electron chi connectivity index (χ4n) is 1.19. The molecule has 0 bridgehead atoms. The minimum absolute atomic E-state index is 0.0987. The Morgan fingerprint density at radius 2 is 2.00 bits per heavy atom. The van der Waals surface area contributed by atoms with Gasteiger partial charge in [0.05, 0.1) is 6.10 Å². The van der Waals surface area contributed by atoms with Gasteiger partial charge in [-0.2, -0.15) is 0 Å². The first-order valence-corrected chi connectivity index (χ1v) is 4.67. The van der Waals surface area contributed by atoms with E-state index in [1.54, 1.807) is 12.1 Å². The Morgan fingerprint density at radius 1 is 1.31 bits per heavy atom. The molecule has 1 atom stereocenters. The summed E-state index contributed by atoms with van der Waals surface area (Å²) in [4.78, 5) is 0. The molecule has 13 heavy (non-hydrogen) atoms. The Balaban J connectivity index is 2.65. The molecule has 1 unspecified atom stereocenters. The molecule has 0 saturated carbocycles. The van der Waals surface area contributed by atoms with Gasteiger partial charge in [0.15, 0.2) is 0 Å². The predicted octanol–water partition coefficient (Wildman–Crippen LogP) is 2.15. The third-order valence-corrected chi connectivity index (χ3v) is 2.24. The van der Waals surface area contributed by atoms with Crippen molar-refractivity contribution in [3.8, 4) is 0 Å². The predicted molar refractivity (Wildman–Crippen MR) is 52.7 cm³/mol. The molecule has 0 amide bonds. The molecule has 0 aliphatic carbocycles. The molecule has 3 heteroatoms. The van der Waals surface area contributed by atoms with E-state index in [-0.39, 0.29) is 6.61 Å². The van der Waals surface area contributed by atoms with Gasteiger partial charge in [0, 0.05) is 11.6 Å². The van der Waals surface area contributed by atoms with Crippen molar-refractivity contribution in [3.63, 3.8) is 0 Å². The quantitative estimate of drug-likeness (QED) is 0.782. The van der Waals surface area contributed by atoms with Crippen molar-refractivity contribution >= 4 is 11.6 Å². The van der Waals surface area contributed by atoms with E-state index in [0.717, 1.165) is 5.56 Å². The van der Waals surface area contributed by atoms with Crippen molar-refractivity contribution in [1.29, 1.82) is 0 Å². The SMILES string of the molecule is OCCCC(O)c1ccccc1Cl. The summed E-state index contributed by atoms with van der Waals surface area (Å²) in [6, 6.07) is 7.21. The van der Waals surface area contributed by atoms with Gasteiger partial charge in [-0.1, -0.05) is 29.8 Å². The normalized spacial score (nSPS) is 12.8. The zero-order valence-electron chi connectivity index (χ0n) is 7.28. The summed E-state index contributed by atoms with van der Waals surface area (Å²) in [6.07, 6.45) is 0.563. The highest BCUT2D eigenvalue weighted by Gasteiger charge is 2.09. The third kappa shape index (κ3) is 2.99. The van der Waals surface area contributed by atoms with Crippen LogP contribution in [0.4, 0.5) is 0 Å². The molecular formula is C10H13ClO2. The molecule has 1 aromatic carbocycles. The summed E-state index contributed by atoms with van der Waals surface area (Å²) < 4.78 is 0. The molecule has 0 fully saturated rings. The molecular weight excluding hydrogens is 188 g/mol. The molecule has 1 aromatic rings. The maximum atomic E-state index is 9.64. The third-order valence-electron chi connectivity index (χ3n) is 1.90. The number of hydrogen-bond donors (Lipinski definition) is 2. The van der Waals surface area contributed by atoms with Crippen molar-refractivity contribution in [2.75, 3.05) is 6.61 Å². The average Bonchev–Trinajstić information content (AvgIpc) is 2.15. The van der Waals surface area contributed by atoms with Gasteiger partial charge in [-0.05, 0) is 24.5 Å². The van der Waals surface area contributed by atoms with Gasteiger partial charge in [-0.3, -0.25) is 0 Å². The maximum absolute atomic E-state index is 9.64. The van der Waals surface area contributed by atoms with Crippen LogP contribution in [0.1, 0.15) is 24.5 Å². The van der Waals surface area contributed by atoms with Gasteiger partial charge in [0.1, 0.15) is 0 Å². The number of halogens is 1. The second kappa shape index (κ2) is 5.22. The molecule has 0 aliphatic rings. The van der Waals surface area contributed by atoms with Crippen molar-refractivity contribution in [3.05, 3.63) is 34.9 Å². The number of aliphatic hydroxyl groups excluding tert-OH is 2. The van der Waals surface area contributed by atoms with E-state index in [9.17, 15) is 5.11 Å². The Labute approximate surface area is 82.8 Å². The van der Waals surface area contributed by atoms with Crippen LogP contribution in [0.15, 0.2) is 24.3 Å². The van der Waals surface area contributed by atoms with Gasteiger partial charge >= 0.3 is 0 Å². The molecule has 2 N–H and O–H groups in total. The van der Waals surface area contributed by atoms with E-state index in [4.69, 9.17) is 16.7 Å². The smallest absolute Gasteiger partial charge is 0.0805 e. The molecule has 2 nitrogen and oxygen atoms in total. The highest BCUT2D eigenvalue weighted by molar-refractivity contribution is 6.31. The second-order valence-corrected chi connectivity index (χ2v) is 3.31. The summed E-state index contributed by atoms with van der Waals surface area (Å²) in [6.45, 7) is 0.0987. The minimum atomic E-state index is -0.569. The van der Waals surface area contributed by atoms with Crippen LogP contribution >= 0.6 is 11.6 Å².